The highest BCUT2D eigenvalue weighted by Crippen LogP contribution is 2.29. The van der Waals surface area contributed by atoms with Crippen molar-refractivity contribution in [2.24, 2.45) is 0 Å². The average molecular weight is 334 g/mol. The largest absolute Gasteiger partial charge is 0.316 e. The molecule has 6 heteroatoms. The minimum Gasteiger partial charge on any atom is -0.306 e. The Hall–Kier alpha value is -3.02. The Bertz CT molecular complexity index is 986. The van der Waals surface area contributed by atoms with Crippen molar-refractivity contribution in [3.63, 3.8) is 0 Å². The van der Waals surface area contributed by atoms with E-state index >= 15 is 0 Å². The van der Waals surface area contributed by atoms with E-state index in [1.807, 2.05) is 30.3 Å². The quantitative estimate of drug-likeness (QED) is 0.686. The molecule has 2 aromatic heterocycles. The first kappa shape index (κ1) is 15.5. The summed E-state index contributed by atoms with van der Waals surface area (Å²) in [6.45, 7) is 0.286. The Balaban J connectivity index is 1.57. The number of nitrogens with zero attached hydrogens (tertiary/aromatic N) is 4. The van der Waals surface area contributed by atoms with E-state index in [9.17, 15) is 9.59 Å². The fraction of sp³-hybridized carbons (Fsp3) is 0.263. The van der Waals surface area contributed by atoms with E-state index in [-0.39, 0.29) is 12.6 Å². The zero-order chi connectivity index (χ0) is 17.2. The summed E-state index contributed by atoms with van der Waals surface area (Å²) in [5, 5.41) is 0. The summed E-state index contributed by atoms with van der Waals surface area (Å²) in [6, 6.07) is 9.88. The molecule has 25 heavy (non-hydrogen) atoms. The molecule has 1 saturated carbocycles. The normalized spacial score (nSPS) is 14.2. The van der Waals surface area contributed by atoms with Gasteiger partial charge in [0.15, 0.2) is 5.82 Å². The van der Waals surface area contributed by atoms with Crippen molar-refractivity contribution in [3.8, 4) is 11.4 Å². The van der Waals surface area contributed by atoms with Crippen LogP contribution >= 0.6 is 0 Å². The zero-order valence-corrected chi connectivity index (χ0v) is 13.7. The molecule has 0 amide bonds. The number of hydrogen-bond donors (Lipinski definition) is 0. The Labute approximate surface area is 144 Å². The van der Waals surface area contributed by atoms with E-state index in [0.29, 0.717) is 5.82 Å². The Morgan fingerprint density at radius 1 is 0.960 bits per heavy atom. The highest BCUT2D eigenvalue weighted by molar-refractivity contribution is 5.53. The highest BCUT2D eigenvalue weighted by Gasteiger charge is 2.21. The van der Waals surface area contributed by atoms with Crippen LogP contribution in [0, 0.1) is 0 Å². The fourth-order valence-corrected chi connectivity index (χ4v) is 2.97. The molecule has 0 N–H and O–H groups in total. The predicted octanol–water partition coefficient (Wildman–Crippen LogP) is 2.24. The van der Waals surface area contributed by atoms with Crippen molar-refractivity contribution in [2.45, 2.75) is 31.8 Å². The van der Waals surface area contributed by atoms with Crippen molar-refractivity contribution < 1.29 is 0 Å². The van der Waals surface area contributed by atoms with Crippen LogP contribution in [0.1, 0.15) is 30.9 Å². The van der Waals surface area contributed by atoms with Gasteiger partial charge in [-0.15, -0.1) is 0 Å². The molecular formula is C19H18N4O2. The second-order valence-corrected chi connectivity index (χ2v) is 6.31. The number of hydrogen-bond acceptors (Lipinski definition) is 4. The molecule has 1 fully saturated rings. The molecule has 126 valence electrons. The van der Waals surface area contributed by atoms with Gasteiger partial charge < -0.3 is 9.13 Å². The maximum Gasteiger partial charge on any atom is 0.316 e. The summed E-state index contributed by atoms with van der Waals surface area (Å²) < 4.78 is 2.98. The second-order valence-electron chi connectivity index (χ2n) is 6.31. The van der Waals surface area contributed by atoms with E-state index in [4.69, 9.17) is 0 Å². The van der Waals surface area contributed by atoms with E-state index in [0.717, 1.165) is 30.4 Å². The lowest BCUT2D eigenvalue weighted by Crippen LogP contribution is -2.43. The van der Waals surface area contributed by atoms with Crippen LogP contribution in [-0.2, 0) is 6.54 Å². The van der Waals surface area contributed by atoms with Gasteiger partial charge in [-0.1, -0.05) is 30.3 Å². The predicted molar refractivity (Wildman–Crippen MR) is 94.4 cm³/mol. The summed E-state index contributed by atoms with van der Waals surface area (Å²) in [6.07, 6.45) is 9.83. The van der Waals surface area contributed by atoms with Crippen molar-refractivity contribution in [1.82, 2.24) is 19.1 Å². The minimum atomic E-state index is -0.499. The van der Waals surface area contributed by atoms with E-state index in [1.165, 1.54) is 4.57 Å². The maximum atomic E-state index is 12.3. The zero-order valence-electron chi connectivity index (χ0n) is 13.7. The summed E-state index contributed by atoms with van der Waals surface area (Å²) in [4.78, 5) is 33.3. The SMILES string of the molecule is O=c1c(=O)n(C2CCC2)ccn1Cc1cnc(-c2ccccc2)nc1. The van der Waals surface area contributed by atoms with Gasteiger partial charge in [-0.05, 0) is 19.3 Å². The van der Waals surface area contributed by atoms with Crippen LogP contribution in [-0.4, -0.2) is 19.1 Å². The molecule has 0 saturated heterocycles. The van der Waals surface area contributed by atoms with Gasteiger partial charge in [0.05, 0.1) is 6.54 Å². The summed E-state index contributed by atoms with van der Waals surface area (Å²) in [7, 11) is 0. The first-order valence-corrected chi connectivity index (χ1v) is 8.40. The number of benzene rings is 1. The van der Waals surface area contributed by atoms with Gasteiger partial charge in [-0.2, -0.15) is 0 Å². The summed E-state index contributed by atoms with van der Waals surface area (Å²) in [5.74, 6) is 0.636. The molecule has 0 aliphatic heterocycles. The molecule has 0 atom stereocenters. The molecule has 0 spiro atoms. The molecule has 0 radical (unpaired) electrons. The lowest BCUT2D eigenvalue weighted by molar-refractivity contribution is 0.303. The molecule has 0 unspecified atom stereocenters. The first-order chi connectivity index (χ1) is 12.2. The molecule has 1 aliphatic rings. The van der Waals surface area contributed by atoms with Gasteiger partial charge in [0, 0.05) is 42.0 Å². The third-order valence-corrected chi connectivity index (χ3v) is 4.64. The number of rotatable bonds is 4. The van der Waals surface area contributed by atoms with Crippen LogP contribution in [0.2, 0.25) is 0 Å². The van der Waals surface area contributed by atoms with Gasteiger partial charge >= 0.3 is 11.1 Å². The Kier molecular flexibility index (Phi) is 4.01. The Morgan fingerprint density at radius 3 is 2.32 bits per heavy atom. The Morgan fingerprint density at radius 2 is 1.68 bits per heavy atom. The van der Waals surface area contributed by atoms with Crippen molar-refractivity contribution in [1.29, 1.82) is 0 Å². The van der Waals surface area contributed by atoms with Crippen LogP contribution in [0.3, 0.4) is 0 Å². The lowest BCUT2D eigenvalue weighted by Gasteiger charge is -2.27. The monoisotopic (exact) mass is 334 g/mol. The van der Waals surface area contributed by atoms with Gasteiger partial charge in [-0.25, -0.2) is 9.97 Å². The van der Waals surface area contributed by atoms with Crippen molar-refractivity contribution >= 4 is 0 Å². The second kappa shape index (κ2) is 6.47. The molecule has 6 nitrogen and oxygen atoms in total. The first-order valence-electron chi connectivity index (χ1n) is 8.40. The summed E-state index contributed by atoms with van der Waals surface area (Å²) in [5.41, 5.74) is 0.771. The standard InChI is InChI=1S/C19H18N4O2/c24-18-19(25)23(16-7-4-8-16)10-9-22(18)13-14-11-20-17(21-12-14)15-5-2-1-3-6-15/h1-3,5-6,9-12,16H,4,7-8,13H2. The molecular weight excluding hydrogens is 316 g/mol. The minimum absolute atomic E-state index is 0.184. The molecule has 2 heterocycles. The number of aromatic nitrogens is 4. The van der Waals surface area contributed by atoms with Crippen molar-refractivity contribution in [2.75, 3.05) is 0 Å². The lowest BCUT2D eigenvalue weighted by atomic mass is 9.93. The maximum absolute atomic E-state index is 12.3. The third kappa shape index (κ3) is 3.03. The molecule has 1 aliphatic carbocycles. The van der Waals surface area contributed by atoms with Crippen LogP contribution < -0.4 is 11.1 Å². The van der Waals surface area contributed by atoms with E-state index < -0.39 is 11.1 Å². The van der Waals surface area contributed by atoms with Crippen LogP contribution in [0.15, 0.2) is 64.7 Å². The molecule has 3 aromatic rings. The van der Waals surface area contributed by atoms with Gasteiger partial charge in [0.2, 0.25) is 0 Å². The smallest absolute Gasteiger partial charge is 0.306 e. The summed E-state index contributed by atoms with van der Waals surface area (Å²) >= 11 is 0. The van der Waals surface area contributed by atoms with Crippen LogP contribution in [0.4, 0.5) is 0 Å². The third-order valence-electron chi connectivity index (χ3n) is 4.64. The van der Waals surface area contributed by atoms with Crippen molar-refractivity contribution in [3.05, 3.63) is 81.4 Å². The molecule has 4 rings (SSSR count). The molecule has 1 aromatic carbocycles. The average Bonchev–Trinajstić information content (AvgIpc) is 2.61. The van der Waals surface area contributed by atoms with Crippen LogP contribution in [0.25, 0.3) is 11.4 Å². The fourth-order valence-electron chi connectivity index (χ4n) is 2.97. The van der Waals surface area contributed by atoms with Gasteiger partial charge in [0.1, 0.15) is 0 Å². The van der Waals surface area contributed by atoms with E-state index in [1.54, 1.807) is 29.4 Å². The van der Waals surface area contributed by atoms with Gasteiger partial charge in [-0.3, -0.25) is 9.59 Å². The van der Waals surface area contributed by atoms with E-state index in [2.05, 4.69) is 9.97 Å². The van der Waals surface area contributed by atoms with Gasteiger partial charge in [0.25, 0.3) is 0 Å². The van der Waals surface area contributed by atoms with Crippen LogP contribution in [0.5, 0.6) is 0 Å². The molecule has 0 bridgehead atoms. The highest BCUT2D eigenvalue weighted by atomic mass is 16.2. The topological polar surface area (TPSA) is 69.8 Å².